The largest absolute Gasteiger partial charge is 0.355 e. The van der Waals surface area contributed by atoms with E-state index in [2.05, 4.69) is 9.97 Å². The van der Waals surface area contributed by atoms with Crippen molar-refractivity contribution in [3.63, 3.8) is 0 Å². The van der Waals surface area contributed by atoms with Crippen molar-refractivity contribution in [3.05, 3.63) is 42.0 Å². The number of likely N-dealkylation sites (N-methyl/N-ethyl adjacent to an activating group) is 2. The van der Waals surface area contributed by atoms with E-state index >= 15 is 4.39 Å². The highest BCUT2D eigenvalue weighted by molar-refractivity contribution is 7.93. The van der Waals surface area contributed by atoms with E-state index in [0.717, 1.165) is 12.0 Å². The smallest absolute Gasteiger partial charge is 0.352 e. The Morgan fingerprint density at radius 2 is 1.85 bits per heavy atom. The van der Waals surface area contributed by atoms with E-state index in [-0.39, 0.29) is 34.6 Å². The average Bonchev–Trinajstić information content (AvgIpc) is 3.05. The molecule has 1 spiro atoms. The first-order valence-electron chi connectivity index (χ1n) is 12.6. The molecule has 4 heterocycles. The zero-order valence-electron chi connectivity index (χ0n) is 21.6. The Labute approximate surface area is 223 Å². The van der Waals surface area contributed by atoms with Gasteiger partial charge in [-0.25, -0.2) is 17.8 Å². The summed E-state index contributed by atoms with van der Waals surface area (Å²) < 4.78 is 68.2. The van der Waals surface area contributed by atoms with Crippen LogP contribution in [0.5, 0.6) is 0 Å². The molecule has 206 valence electrons. The highest BCUT2D eigenvalue weighted by Gasteiger charge is 2.54. The zero-order valence-corrected chi connectivity index (χ0v) is 22.4. The van der Waals surface area contributed by atoms with Crippen LogP contribution >= 0.6 is 0 Å². The average molecular weight is 561 g/mol. The van der Waals surface area contributed by atoms with E-state index in [9.17, 15) is 22.0 Å². The quantitative estimate of drug-likeness (QED) is 0.493. The van der Waals surface area contributed by atoms with Crippen LogP contribution in [-0.4, -0.2) is 75.2 Å². The number of alkyl halides is 2. The Bertz CT molecular complexity index is 1620. The van der Waals surface area contributed by atoms with Crippen molar-refractivity contribution in [1.29, 1.82) is 0 Å². The molecule has 2 aliphatic heterocycles. The lowest BCUT2D eigenvalue weighted by atomic mass is 9.64. The van der Waals surface area contributed by atoms with Gasteiger partial charge in [0.05, 0.1) is 28.5 Å². The van der Waals surface area contributed by atoms with E-state index < -0.39 is 27.0 Å². The molecule has 1 amide bonds. The molecule has 3 aliphatic rings. The molecule has 0 unspecified atom stereocenters. The summed E-state index contributed by atoms with van der Waals surface area (Å²) in [6.07, 6.45) is 5.27. The van der Waals surface area contributed by atoms with Crippen molar-refractivity contribution in [2.75, 3.05) is 48.8 Å². The van der Waals surface area contributed by atoms with Crippen molar-refractivity contribution < 1.29 is 26.4 Å². The molecule has 1 saturated heterocycles. The molecule has 0 bridgehead atoms. The number of hydrogen-bond donors (Lipinski definition) is 1. The van der Waals surface area contributed by atoms with E-state index in [1.54, 1.807) is 29.1 Å². The molecule has 6 rings (SSSR count). The molecule has 0 atom stereocenters. The topological polar surface area (TPSA) is 98.7 Å². The number of hydrogen-bond acceptors (Lipinski definition) is 7. The summed E-state index contributed by atoms with van der Waals surface area (Å²) in [5.41, 5.74) is 1.35. The highest BCUT2D eigenvalue weighted by Crippen LogP contribution is 2.55. The maximum Gasteiger partial charge on any atom is 0.355 e. The lowest BCUT2D eigenvalue weighted by Crippen LogP contribution is -2.57. The predicted molar refractivity (Wildman–Crippen MR) is 142 cm³/mol. The van der Waals surface area contributed by atoms with Crippen molar-refractivity contribution in [2.45, 2.75) is 36.5 Å². The number of anilines is 3. The molecule has 13 heteroatoms. The normalized spacial score (nSPS) is 18.7. The van der Waals surface area contributed by atoms with Crippen molar-refractivity contribution in [2.24, 2.45) is 0 Å². The number of halogens is 3. The van der Waals surface area contributed by atoms with Crippen molar-refractivity contribution >= 4 is 44.0 Å². The first-order valence-corrected chi connectivity index (χ1v) is 14.1. The van der Waals surface area contributed by atoms with E-state index in [0.29, 0.717) is 42.5 Å². The SMILES string of the molecule is CN1C(=O)C2(CCC2)c2c1cnc1cc(F)c(-c3cnc(N4CC(N(C)C)C4)c(NS(=O)(=O)C(F)F)c3)cc21. The lowest BCUT2D eigenvalue weighted by molar-refractivity contribution is -0.125. The number of carbonyl (C=O) groups is 1. The minimum Gasteiger partial charge on any atom is -0.352 e. The summed E-state index contributed by atoms with van der Waals surface area (Å²) in [4.78, 5) is 27.3. The number of carbonyl (C=O) groups excluding carboxylic acids is 1. The van der Waals surface area contributed by atoms with E-state index in [1.807, 2.05) is 23.7 Å². The molecule has 39 heavy (non-hydrogen) atoms. The molecule has 1 aliphatic carbocycles. The first kappa shape index (κ1) is 25.8. The van der Waals surface area contributed by atoms with Gasteiger partial charge in [-0.3, -0.25) is 14.5 Å². The molecule has 1 N–H and O–H groups in total. The molecular formula is C26H27F3N6O3S. The van der Waals surface area contributed by atoms with Gasteiger partial charge in [-0.2, -0.15) is 8.78 Å². The van der Waals surface area contributed by atoms with E-state index in [1.165, 1.54) is 18.3 Å². The van der Waals surface area contributed by atoms with Crippen LogP contribution in [0.25, 0.3) is 22.0 Å². The third kappa shape index (κ3) is 3.85. The summed E-state index contributed by atoms with van der Waals surface area (Å²) in [5.74, 6) is -4.11. The fourth-order valence-corrected chi connectivity index (χ4v) is 6.34. The monoisotopic (exact) mass is 560 g/mol. The number of rotatable bonds is 6. The Morgan fingerprint density at radius 1 is 1.13 bits per heavy atom. The number of pyridine rings is 2. The van der Waals surface area contributed by atoms with Gasteiger partial charge in [-0.1, -0.05) is 6.42 Å². The Morgan fingerprint density at radius 3 is 2.46 bits per heavy atom. The molecule has 9 nitrogen and oxygen atoms in total. The number of benzene rings is 1. The third-order valence-corrected chi connectivity index (χ3v) is 9.23. The van der Waals surface area contributed by atoms with E-state index in [4.69, 9.17) is 0 Å². The second-order valence-electron chi connectivity index (χ2n) is 10.7. The van der Waals surface area contributed by atoms with Crippen LogP contribution in [0.2, 0.25) is 0 Å². The summed E-state index contributed by atoms with van der Waals surface area (Å²) in [5, 5.41) is 0.622. The van der Waals surface area contributed by atoms with Crippen LogP contribution in [0.4, 0.5) is 30.4 Å². The van der Waals surface area contributed by atoms with Gasteiger partial charge in [-0.05, 0) is 39.1 Å². The predicted octanol–water partition coefficient (Wildman–Crippen LogP) is 3.55. The van der Waals surface area contributed by atoms with Gasteiger partial charge in [0.25, 0.3) is 10.0 Å². The molecule has 3 aromatic rings. The van der Waals surface area contributed by atoms with Crippen LogP contribution in [0.15, 0.2) is 30.6 Å². The maximum absolute atomic E-state index is 15.5. The Kier molecular flexibility index (Phi) is 5.81. The Hall–Kier alpha value is -3.45. The molecule has 1 saturated carbocycles. The van der Waals surface area contributed by atoms with Crippen LogP contribution < -0.4 is 14.5 Å². The maximum atomic E-state index is 15.5. The van der Waals surface area contributed by atoms with Gasteiger partial charge >= 0.3 is 5.76 Å². The number of nitrogens with one attached hydrogen (secondary N) is 1. The van der Waals surface area contributed by atoms with Crippen LogP contribution in [-0.2, 0) is 20.2 Å². The fraction of sp³-hybridized carbons (Fsp3) is 0.423. The molecule has 1 aromatic carbocycles. The summed E-state index contributed by atoms with van der Waals surface area (Å²) in [6, 6.07) is 4.38. The second-order valence-corrected chi connectivity index (χ2v) is 12.3. The van der Waals surface area contributed by atoms with Gasteiger partial charge < -0.3 is 14.7 Å². The Balaban J connectivity index is 1.48. The highest BCUT2D eigenvalue weighted by atomic mass is 32.2. The van der Waals surface area contributed by atoms with Crippen molar-refractivity contribution in [3.8, 4) is 11.1 Å². The van der Waals surface area contributed by atoms with Gasteiger partial charge in [0, 0.05) is 60.5 Å². The second kappa shape index (κ2) is 8.78. The van der Waals surface area contributed by atoms with Gasteiger partial charge in [-0.15, -0.1) is 0 Å². The zero-order chi connectivity index (χ0) is 27.9. The number of sulfonamides is 1. The number of fused-ring (bicyclic) bond motifs is 4. The molecule has 2 aromatic heterocycles. The lowest BCUT2D eigenvalue weighted by Gasteiger charge is -2.44. The summed E-state index contributed by atoms with van der Waals surface area (Å²) in [6.45, 7) is 1.04. The summed E-state index contributed by atoms with van der Waals surface area (Å²) in [7, 11) is 0.515. The number of amides is 1. The van der Waals surface area contributed by atoms with Gasteiger partial charge in [0.15, 0.2) is 5.82 Å². The molecular weight excluding hydrogens is 533 g/mol. The van der Waals surface area contributed by atoms with Crippen LogP contribution in [0, 0.1) is 5.82 Å². The fourth-order valence-electron chi connectivity index (χ4n) is 5.80. The van der Waals surface area contributed by atoms with Gasteiger partial charge in [0.1, 0.15) is 5.82 Å². The van der Waals surface area contributed by atoms with Crippen LogP contribution in [0.1, 0.15) is 24.8 Å². The number of aromatic nitrogens is 2. The standard InChI is InChI=1S/C26H27F3N6O3S/c1-33(2)15-12-35(13-15)23-20(32-39(37,38)25(28)29)7-14(10-31-23)16-8-17-19(9-18(16)27)30-11-21-22(17)26(5-4-6-26)24(36)34(21)3/h7-11,15,25,32H,4-6,12-13H2,1-3H3. The molecule has 0 radical (unpaired) electrons. The molecule has 2 fully saturated rings. The number of nitrogens with zero attached hydrogens (tertiary/aromatic N) is 5. The van der Waals surface area contributed by atoms with Crippen LogP contribution in [0.3, 0.4) is 0 Å². The summed E-state index contributed by atoms with van der Waals surface area (Å²) >= 11 is 0. The van der Waals surface area contributed by atoms with Crippen molar-refractivity contribution in [1.82, 2.24) is 14.9 Å². The third-order valence-electron chi connectivity index (χ3n) is 8.25. The first-order chi connectivity index (χ1) is 18.4. The van der Waals surface area contributed by atoms with Gasteiger partial charge in [0.2, 0.25) is 5.91 Å². The minimum atomic E-state index is -5.00. The minimum absolute atomic E-state index is 0.00999.